The van der Waals surface area contributed by atoms with E-state index in [1.165, 1.54) is 11.3 Å². The van der Waals surface area contributed by atoms with E-state index in [4.69, 9.17) is 0 Å². The largest absolute Gasteiger partial charge is 0.352 e. The number of benzene rings is 1. The van der Waals surface area contributed by atoms with Gasteiger partial charge in [-0.2, -0.15) is 0 Å². The topological polar surface area (TPSA) is 62.3 Å². The monoisotopic (exact) mass is 343 g/mol. The summed E-state index contributed by atoms with van der Waals surface area (Å²) in [6, 6.07) is 7.22. The van der Waals surface area contributed by atoms with Crippen LogP contribution in [0, 0.1) is 6.92 Å². The minimum Gasteiger partial charge on any atom is -0.352 e. The fourth-order valence-corrected chi connectivity index (χ4v) is 3.80. The van der Waals surface area contributed by atoms with E-state index < -0.39 is 6.04 Å². The molecular formula is C18H21N3O2S. The number of thiazole rings is 1. The van der Waals surface area contributed by atoms with E-state index in [1.807, 2.05) is 43.5 Å². The second-order valence-corrected chi connectivity index (χ2v) is 6.90. The fourth-order valence-electron chi connectivity index (χ4n) is 2.93. The molecule has 2 heterocycles. The van der Waals surface area contributed by atoms with Gasteiger partial charge in [0.15, 0.2) is 0 Å². The quantitative estimate of drug-likeness (QED) is 0.926. The zero-order chi connectivity index (χ0) is 17.1. The van der Waals surface area contributed by atoms with Crippen LogP contribution in [0.2, 0.25) is 0 Å². The lowest BCUT2D eigenvalue weighted by Crippen LogP contribution is -2.52. The van der Waals surface area contributed by atoms with Gasteiger partial charge in [0, 0.05) is 18.5 Å². The predicted molar refractivity (Wildman–Crippen MR) is 93.8 cm³/mol. The molecule has 0 bridgehead atoms. The summed E-state index contributed by atoms with van der Waals surface area (Å²) in [7, 11) is 0. The molecule has 6 heteroatoms. The third kappa shape index (κ3) is 3.48. The first-order chi connectivity index (χ1) is 11.6. The third-order valence-corrected chi connectivity index (χ3v) is 5.05. The molecule has 1 fully saturated rings. The molecule has 1 saturated heterocycles. The number of amides is 2. The number of hydrogen-bond acceptors (Lipinski definition) is 4. The predicted octanol–water partition coefficient (Wildman–Crippen LogP) is 2.26. The van der Waals surface area contributed by atoms with E-state index in [0.29, 0.717) is 13.1 Å². The van der Waals surface area contributed by atoms with Crippen molar-refractivity contribution in [3.8, 4) is 0 Å². The van der Waals surface area contributed by atoms with Gasteiger partial charge in [-0.25, -0.2) is 4.98 Å². The first kappa shape index (κ1) is 16.6. The van der Waals surface area contributed by atoms with Crippen LogP contribution >= 0.6 is 11.3 Å². The second-order valence-electron chi connectivity index (χ2n) is 5.96. The van der Waals surface area contributed by atoms with Crippen LogP contribution in [0.4, 0.5) is 0 Å². The van der Waals surface area contributed by atoms with Crippen molar-refractivity contribution in [2.24, 2.45) is 0 Å². The van der Waals surface area contributed by atoms with E-state index in [1.54, 1.807) is 4.90 Å². The smallest absolute Gasteiger partial charge is 0.247 e. The molecule has 24 heavy (non-hydrogen) atoms. The average Bonchev–Trinajstić information content (AvgIpc) is 3.02. The Morgan fingerprint density at radius 1 is 1.46 bits per heavy atom. The van der Waals surface area contributed by atoms with Gasteiger partial charge >= 0.3 is 0 Å². The minimum atomic E-state index is -0.559. The molecule has 2 aromatic rings. The van der Waals surface area contributed by atoms with Gasteiger partial charge in [0.05, 0.1) is 12.1 Å². The molecule has 5 nitrogen and oxygen atoms in total. The lowest BCUT2D eigenvalue weighted by Gasteiger charge is -2.35. The van der Waals surface area contributed by atoms with Crippen LogP contribution in [0.1, 0.15) is 34.8 Å². The Morgan fingerprint density at radius 3 is 3.00 bits per heavy atom. The maximum Gasteiger partial charge on any atom is 0.247 e. The van der Waals surface area contributed by atoms with Gasteiger partial charge in [-0.05, 0) is 18.9 Å². The first-order valence-corrected chi connectivity index (χ1v) is 9.03. The van der Waals surface area contributed by atoms with Crippen molar-refractivity contribution in [1.29, 1.82) is 0 Å². The Morgan fingerprint density at radius 2 is 2.29 bits per heavy atom. The van der Waals surface area contributed by atoms with Crippen molar-refractivity contribution < 1.29 is 9.59 Å². The zero-order valence-corrected chi connectivity index (χ0v) is 14.7. The van der Waals surface area contributed by atoms with E-state index in [2.05, 4.69) is 10.3 Å². The van der Waals surface area contributed by atoms with Crippen molar-refractivity contribution in [1.82, 2.24) is 15.2 Å². The van der Waals surface area contributed by atoms with E-state index >= 15 is 0 Å². The van der Waals surface area contributed by atoms with Crippen molar-refractivity contribution >= 4 is 23.2 Å². The number of aryl methyl sites for hydroxylation is 2. The molecule has 3 rings (SSSR count). The Labute approximate surface area is 145 Å². The molecular weight excluding hydrogens is 322 g/mol. The van der Waals surface area contributed by atoms with E-state index in [9.17, 15) is 9.59 Å². The summed E-state index contributed by atoms with van der Waals surface area (Å²) in [5.41, 5.74) is 2.94. The molecule has 126 valence electrons. The molecule has 1 N–H and O–H groups in total. The minimum absolute atomic E-state index is 0.0478. The van der Waals surface area contributed by atoms with Crippen molar-refractivity contribution in [3.05, 3.63) is 51.5 Å². The Hall–Kier alpha value is -2.21. The fraction of sp³-hybridized carbons (Fsp3) is 0.389. The summed E-state index contributed by atoms with van der Waals surface area (Å²) < 4.78 is 0. The molecule has 0 spiro atoms. The summed E-state index contributed by atoms with van der Waals surface area (Å²) in [4.78, 5) is 31.3. The second kappa shape index (κ2) is 7.13. The van der Waals surface area contributed by atoms with Gasteiger partial charge < -0.3 is 10.2 Å². The number of rotatable bonds is 4. The summed E-state index contributed by atoms with van der Waals surface area (Å²) >= 11 is 1.51. The lowest BCUT2D eigenvalue weighted by molar-refractivity contribution is -0.143. The van der Waals surface area contributed by atoms with Crippen molar-refractivity contribution in [2.45, 2.75) is 32.7 Å². The lowest BCUT2D eigenvalue weighted by atomic mass is 10.00. The number of aromatic nitrogens is 1. The van der Waals surface area contributed by atoms with Crippen LogP contribution in [0.25, 0.3) is 0 Å². The molecule has 0 radical (unpaired) electrons. The highest BCUT2D eigenvalue weighted by Crippen LogP contribution is 2.25. The van der Waals surface area contributed by atoms with Gasteiger partial charge in [0.1, 0.15) is 11.0 Å². The molecule has 1 aliphatic rings. The van der Waals surface area contributed by atoms with Crippen LogP contribution in [-0.4, -0.2) is 34.8 Å². The molecule has 1 aliphatic heterocycles. The number of nitrogens with zero attached hydrogens (tertiary/aromatic N) is 2. The normalized spacial score (nSPS) is 17.7. The summed E-state index contributed by atoms with van der Waals surface area (Å²) in [6.07, 6.45) is 1.11. The highest BCUT2D eigenvalue weighted by molar-refractivity contribution is 7.09. The summed E-state index contributed by atoms with van der Waals surface area (Å²) in [5.74, 6) is -0.165. The van der Waals surface area contributed by atoms with E-state index in [-0.39, 0.29) is 18.2 Å². The summed E-state index contributed by atoms with van der Waals surface area (Å²) in [5, 5.41) is 5.67. The number of carbonyl (C=O) groups is 2. The Bertz CT molecular complexity index is 756. The van der Waals surface area contributed by atoms with Gasteiger partial charge in [-0.15, -0.1) is 11.3 Å². The highest BCUT2D eigenvalue weighted by atomic mass is 32.1. The first-order valence-electron chi connectivity index (χ1n) is 8.15. The van der Waals surface area contributed by atoms with Crippen LogP contribution in [0.3, 0.4) is 0 Å². The number of hydrogen-bond donors (Lipinski definition) is 1. The number of carbonyl (C=O) groups excluding carboxylic acids is 2. The molecule has 1 aromatic heterocycles. The molecule has 2 amide bonds. The maximum atomic E-state index is 12.8. The SMILES string of the molecule is CCc1csc(CC(=O)N2CCNC(=O)C2c2cccc(C)c2)n1. The Kier molecular flexibility index (Phi) is 4.94. The Balaban J connectivity index is 1.83. The average molecular weight is 343 g/mol. The van der Waals surface area contributed by atoms with Crippen LogP contribution in [0.15, 0.2) is 29.6 Å². The number of nitrogens with one attached hydrogen (secondary N) is 1. The van der Waals surface area contributed by atoms with Gasteiger partial charge in [0.25, 0.3) is 0 Å². The van der Waals surface area contributed by atoms with Crippen molar-refractivity contribution in [2.75, 3.05) is 13.1 Å². The van der Waals surface area contributed by atoms with E-state index in [0.717, 1.165) is 28.2 Å². The van der Waals surface area contributed by atoms with Crippen LogP contribution in [-0.2, 0) is 22.4 Å². The molecule has 0 aliphatic carbocycles. The molecule has 1 unspecified atom stereocenters. The van der Waals surface area contributed by atoms with Crippen molar-refractivity contribution in [3.63, 3.8) is 0 Å². The standard InChI is InChI=1S/C18H21N3O2S/c1-3-14-11-24-15(20-14)10-16(22)21-8-7-19-18(23)17(21)13-6-4-5-12(2)9-13/h4-6,9,11,17H,3,7-8,10H2,1-2H3,(H,19,23). The third-order valence-electron chi connectivity index (χ3n) is 4.15. The maximum absolute atomic E-state index is 12.8. The summed E-state index contributed by atoms with van der Waals surface area (Å²) in [6.45, 7) is 5.04. The van der Waals surface area contributed by atoms with Crippen LogP contribution in [0.5, 0.6) is 0 Å². The van der Waals surface area contributed by atoms with Gasteiger partial charge in [-0.3, -0.25) is 9.59 Å². The van der Waals surface area contributed by atoms with Gasteiger partial charge in [-0.1, -0.05) is 36.8 Å². The molecule has 1 aromatic carbocycles. The zero-order valence-electron chi connectivity index (χ0n) is 13.9. The molecule has 1 atom stereocenters. The highest BCUT2D eigenvalue weighted by Gasteiger charge is 2.34. The molecule has 0 saturated carbocycles. The van der Waals surface area contributed by atoms with Gasteiger partial charge in [0.2, 0.25) is 11.8 Å². The van der Waals surface area contributed by atoms with Crippen LogP contribution < -0.4 is 5.32 Å². The number of piperazine rings is 1.